The number of hydrogen-bond acceptors (Lipinski definition) is 2. The van der Waals surface area contributed by atoms with Gasteiger partial charge in [0, 0.05) is 6.04 Å². The van der Waals surface area contributed by atoms with E-state index >= 15 is 0 Å². The molecule has 0 fully saturated rings. The highest BCUT2D eigenvalue weighted by Crippen LogP contribution is 2.09. The van der Waals surface area contributed by atoms with Crippen molar-refractivity contribution in [1.29, 1.82) is 0 Å². The van der Waals surface area contributed by atoms with Crippen molar-refractivity contribution < 1.29 is 0 Å². The number of rotatable bonds is 7. The molecule has 2 nitrogen and oxygen atoms in total. The van der Waals surface area contributed by atoms with Crippen molar-refractivity contribution in [3.63, 3.8) is 0 Å². The second-order valence-electron chi connectivity index (χ2n) is 4.45. The van der Waals surface area contributed by atoms with Crippen LogP contribution in [0.3, 0.4) is 0 Å². The van der Waals surface area contributed by atoms with Crippen LogP contribution < -0.4 is 5.73 Å². The summed E-state index contributed by atoms with van der Waals surface area (Å²) in [6.07, 6.45) is 3.67. The van der Waals surface area contributed by atoms with Gasteiger partial charge in [-0.25, -0.2) is 0 Å². The van der Waals surface area contributed by atoms with Crippen molar-refractivity contribution >= 4 is 0 Å². The second-order valence-corrected chi connectivity index (χ2v) is 4.45. The van der Waals surface area contributed by atoms with Gasteiger partial charge < -0.3 is 10.6 Å². The highest BCUT2D eigenvalue weighted by atomic mass is 15.1. The van der Waals surface area contributed by atoms with Gasteiger partial charge in [0.15, 0.2) is 0 Å². The van der Waals surface area contributed by atoms with Gasteiger partial charge in [0.1, 0.15) is 0 Å². The average molecular weight is 186 g/mol. The van der Waals surface area contributed by atoms with Crippen LogP contribution in [0.2, 0.25) is 0 Å². The molecule has 2 N–H and O–H groups in total. The van der Waals surface area contributed by atoms with Gasteiger partial charge in [-0.05, 0) is 52.2 Å². The van der Waals surface area contributed by atoms with E-state index in [2.05, 4.69) is 32.7 Å². The lowest BCUT2D eigenvalue weighted by Gasteiger charge is -2.25. The van der Waals surface area contributed by atoms with Crippen molar-refractivity contribution in [1.82, 2.24) is 4.90 Å². The van der Waals surface area contributed by atoms with Gasteiger partial charge in [0.05, 0.1) is 0 Å². The fourth-order valence-corrected chi connectivity index (χ4v) is 1.59. The Morgan fingerprint density at radius 1 is 1.15 bits per heavy atom. The third-order valence-corrected chi connectivity index (χ3v) is 2.53. The fourth-order valence-electron chi connectivity index (χ4n) is 1.59. The first kappa shape index (κ1) is 12.9. The van der Waals surface area contributed by atoms with Crippen LogP contribution >= 0.6 is 0 Å². The Labute approximate surface area is 83.5 Å². The molecular formula is C11H26N2. The van der Waals surface area contributed by atoms with Crippen LogP contribution in [0, 0.1) is 5.92 Å². The van der Waals surface area contributed by atoms with Crippen molar-refractivity contribution in [3.05, 3.63) is 0 Å². The zero-order chi connectivity index (χ0) is 10.3. The van der Waals surface area contributed by atoms with Crippen LogP contribution in [-0.2, 0) is 0 Å². The first-order valence-corrected chi connectivity index (χ1v) is 5.48. The summed E-state index contributed by atoms with van der Waals surface area (Å²) in [4.78, 5) is 2.44. The Morgan fingerprint density at radius 3 is 2.23 bits per heavy atom. The average Bonchev–Trinajstić information content (AvgIpc) is 2.03. The van der Waals surface area contributed by atoms with Crippen LogP contribution in [0.5, 0.6) is 0 Å². The van der Waals surface area contributed by atoms with Crippen molar-refractivity contribution in [2.45, 2.75) is 46.1 Å². The molecule has 0 aliphatic rings. The number of nitrogens with zero attached hydrogens (tertiary/aromatic N) is 1. The normalized spacial score (nSPS) is 14.1. The molecule has 0 aromatic rings. The zero-order valence-electron chi connectivity index (χ0n) is 9.71. The SMILES string of the molecule is CC(C)CC(C)N(C)CCCCN. The summed E-state index contributed by atoms with van der Waals surface area (Å²) in [5.74, 6) is 0.798. The minimum Gasteiger partial charge on any atom is -0.330 e. The summed E-state index contributed by atoms with van der Waals surface area (Å²) >= 11 is 0. The molecule has 0 aromatic heterocycles. The molecule has 0 radical (unpaired) electrons. The molecule has 0 spiro atoms. The van der Waals surface area contributed by atoms with E-state index in [0.29, 0.717) is 6.04 Å². The van der Waals surface area contributed by atoms with Crippen LogP contribution in [0.15, 0.2) is 0 Å². The van der Waals surface area contributed by atoms with E-state index in [9.17, 15) is 0 Å². The third-order valence-electron chi connectivity index (χ3n) is 2.53. The van der Waals surface area contributed by atoms with Gasteiger partial charge in [-0.1, -0.05) is 13.8 Å². The third kappa shape index (κ3) is 7.03. The molecule has 0 aromatic carbocycles. The molecule has 0 saturated heterocycles. The summed E-state index contributed by atoms with van der Waals surface area (Å²) in [6, 6.07) is 0.706. The van der Waals surface area contributed by atoms with Gasteiger partial charge in [-0.15, -0.1) is 0 Å². The van der Waals surface area contributed by atoms with E-state index in [-0.39, 0.29) is 0 Å². The Kier molecular flexibility index (Phi) is 7.29. The number of unbranched alkanes of at least 4 members (excludes halogenated alkanes) is 1. The highest BCUT2D eigenvalue weighted by molar-refractivity contribution is 4.65. The Balaban J connectivity index is 3.50. The minimum atomic E-state index is 0.706. The molecule has 1 unspecified atom stereocenters. The second kappa shape index (κ2) is 7.34. The first-order valence-electron chi connectivity index (χ1n) is 5.48. The highest BCUT2D eigenvalue weighted by Gasteiger charge is 2.09. The summed E-state index contributed by atoms with van der Waals surface area (Å²) < 4.78 is 0. The summed E-state index contributed by atoms with van der Waals surface area (Å²) in [5, 5.41) is 0. The molecule has 0 amide bonds. The summed E-state index contributed by atoms with van der Waals surface area (Å²) in [6.45, 7) is 8.88. The van der Waals surface area contributed by atoms with E-state index in [4.69, 9.17) is 5.73 Å². The molecule has 13 heavy (non-hydrogen) atoms. The van der Waals surface area contributed by atoms with E-state index < -0.39 is 0 Å². The van der Waals surface area contributed by atoms with Gasteiger partial charge in [0.2, 0.25) is 0 Å². The minimum absolute atomic E-state index is 0.706. The molecule has 0 saturated carbocycles. The summed E-state index contributed by atoms with van der Waals surface area (Å²) in [5.41, 5.74) is 5.45. The van der Waals surface area contributed by atoms with E-state index in [0.717, 1.165) is 18.9 Å². The predicted octanol–water partition coefficient (Wildman–Crippen LogP) is 2.09. The molecular weight excluding hydrogens is 160 g/mol. The van der Waals surface area contributed by atoms with Crippen molar-refractivity contribution in [3.8, 4) is 0 Å². The van der Waals surface area contributed by atoms with Gasteiger partial charge >= 0.3 is 0 Å². The maximum Gasteiger partial charge on any atom is 0.00663 e. The van der Waals surface area contributed by atoms with Gasteiger partial charge in [-0.2, -0.15) is 0 Å². The molecule has 2 heteroatoms. The molecule has 0 bridgehead atoms. The monoisotopic (exact) mass is 186 g/mol. The maximum atomic E-state index is 5.45. The molecule has 0 aliphatic heterocycles. The maximum absolute atomic E-state index is 5.45. The number of hydrogen-bond donors (Lipinski definition) is 1. The van der Waals surface area contributed by atoms with Crippen LogP contribution in [0.25, 0.3) is 0 Å². The molecule has 1 atom stereocenters. The molecule has 0 heterocycles. The lowest BCUT2D eigenvalue weighted by Crippen LogP contribution is -2.31. The zero-order valence-corrected chi connectivity index (χ0v) is 9.71. The Hall–Kier alpha value is -0.0800. The fraction of sp³-hybridized carbons (Fsp3) is 1.00. The topological polar surface area (TPSA) is 29.3 Å². The lowest BCUT2D eigenvalue weighted by atomic mass is 10.0. The predicted molar refractivity (Wildman–Crippen MR) is 59.8 cm³/mol. The van der Waals surface area contributed by atoms with Crippen LogP contribution in [-0.4, -0.2) is 31.1 Å². The van der Waals surface area contributed by atoms with E-state index in [1.54, 1.807) is 0 Å². The Bertz CT molecular complexity index is 113. The van der Waals surface area contributed by atoms with E-state index in [1.807, 2.05) is 0 Å². The molecule has 80 valence electrons. The quantitative estimate of drug-likeness (QED) is 0.617. The Morgan fingerprint density at radius 2 is 1.77 bits per heavy atom. The van der Waals surface area contributed by atoms with Crippen molar-refractivity contribution in [2.75, 3.05) is 20.1 Å². The smallest absolute Gasteiger partial charge is 0.00663 e. The standard InChI is InChI=1S/C11H26N2/c1-10(2)9-11(3)13(4)8-6-5-7-12/h10-11H,5-9,12H2,1-4H3. The summed E-state index contributed by atoms with van der Waals surface area (Å²) in [7, 11) is 2.21. The van der Waals surface area contributed by atoms with E-state index in [1.165, 1.54) is 19.4 Å². The van der Waals surface area contributed by atoms with Gasteiger partial charge in [0.25, 0.3) is 0 Å². The lowest BCUT2D eigenvalue weighted by molar-refractivity contribution is 0.225. The van der Waals surface area contributed by atoms with Crippen LogP contribution in [0.1, 0.15) is 40.0 Å². The largest absolute Gasteiger partial charge is 0.330 e. The van der Waals surface area contributed by atoms with Crippen LogP contribution in [0.4, 0.5) is 0 Å². The van der Waals surface area contributed by atoms with Gasteiger partial charge in [-0.3, -0.25) is 0 Å². The first-order chi connectivity index (χ1) is 6.07. The molecule has 0 rings (SSSR count). The number of nitrogens with two attached hydrogens (primary N) is 1. The van der Waals surface area contributed by atoms with Crippen molar-refractivity contribution in [2.24, 2.45) is 11.7 Å². The molecule has 0 aliphatic carbocycles.